The molecule has 1 heterocycles. The minimum absolute atomic E-state index is 0.0421. The summed E-state index contributed by atoms with van der Waals surface area (Å²) in [4.78, 5) is 0. The molecule has 1 saturated heterocycles. The SMILES string of the molecule is Fc1ccc(Cl)c(Cl)c1O[C@H](C1CC1)[C@H]1CCNC1. The summed E-state index contributed by atoms with van der Waals surface area (Å²) in [5.74, 6) is 0.630. The van der Waals surface area contributed by atoms with Gasteiger partial charge in [-0.1, -0.05) is 23.2 Å². The van der Waals surface area contributed by atoms with Gasteiger partial charge in [-0.25, -0.2) is 4.39 Å². The predicted octanol–water partition coefficient (Wildman–Crippen LogP) is 3.90. The lowest BCUT2D eigenvalue weighted by Crippen LogP contribution is -2.31. The van der Waals surface area contributed by atoms with Crippen molar-refractivity contribution in [3.8, 4) is 5.75 Å². The summed E-state index contributed by atoms with van der Waals surface area (Å²) in [5, 5.41) is 3.84. The minimum atomic E-state index is -0.439. The van der Waals surface area contributed by atoms with Crippen LogP contribution in [0, 0.1) is 17.7 Å². The molecule has 0 spiro atoms. The van der Waals surface area contributed by atoms with Crippen LogP contribution in [0.25, 0.3) is 0 Å². The molecule has 19 heavy (non-hydrogen) atoms. The highest BCUT2D eigenvalue weighted by molar-refractivity contribution is 6.42. The fourth-order valence-electron chi connectivity index (χ4n) is 2.71. The average Bonchev–Trinajstić information content (AvgIpc) is 3.09. The molecule has 0 unspecified atom stereocenters. The topological polar surface area (TPSA) is 21.3 Å². The largest absolute Gasteiger partial charge is 0.485 e. The first-order chi connectivity index (χ1) is 9.16. The molecule has 104 valence electrons. The number of hydrogen-bond acceptors (Lipinski definition) is 2. The Hall–Kier alpha value is -0.510. The molecule has 2 nitrogen and oxygen atoms in total. The van der Waals surface area contributed by atoms with Crippen molar-refractivity contribution in [2.45, 2.75) is 25.4 Å². The molecular weight excluding hydrogens is 288 g/mol. The van der Waals surface area contributed by atoms with Gasteiger partial charge in [-0.2, -0.15) is 0 Å². The van der Waals surface area contributed by atoms with Crippen LogP contribution in [-0.4, -0.2) is 19.2 Å². The second-order valence-electron chi connectivity index (χ2n) is 5.35. The second-order valence-corrected chi connectivity index (χ2v) is 6.13. The zero-order valence-electron chi connectivity index (χ0n) is 10.5. The van der Waals surface area contributed by atoms with Crippen LogP contribution in [0.4, 0.5) is 4.39 Å². The molecule has 3 rings (SSSR count). The first-order valence-electron chi connectivity index (χ1n) is 6.67. The van der Waals surface area contributed by atoms with Crippen molar-refractivity contribution in [1.82, 2.24) is 5.32 Å². The Bertz CT molecular complexity index is 473. The fraction of sp³-hybridized carbons (Fsp3) is 0.571. The Morgan fingerprint density at radius 1 is 1.21 bits per heavy atom. The van der Waals surface area contributed by atoms with Crippen LogP contribution in [0.15, 0.2) is 12.1 Å². The van der Waals surface area contributed by atoms with E-state index in [2.05, 4.69) is 5.32 Å². The quantitative estimate of drug-likeness (QED) is 0.852. The molecular formula is C14H16Cl2FNO. The Labute approximate surface area is 122 Å². The van der Waals surface area contributed by atoms with Crippen LogP contribution in [0.2, 0.25) is 10.0 Å². The molecule has 2 aliphatic rings. The molecule has 0 amide bonds. The van der Waals surface area contributed by atoms with E-state index in [1.807, 2.05) is 0 Å². The predicted molar refractivity (Wildman–Crippen MR) is 74.5 cm³/mol. The van der Waals surface area contributed by atoms with Gasteiger partial charge in [0.2, 0.25) is 0 Å². The van der Waals surface area contributed by atoms with Crippen LogP contribution < -0.4 is 10.1 Å². The maximum Gasteiger partial charge on any atom is 0.175 e. The van der Waals surface area contributed by atoms with Gasteiger partial charge in [-0.15, -0.1) is 0 Å². The van der Waals surface area contributed by atoms with Crippen LogP contribution in [0.1, 0.15) is 19.3 Å². The molecule has 2 atom stereocenters. The van der Waals surface area contributed by atoms with Gasteiger partial charge in [0, 0.05) is 12.5 Å². The number of benzene rings is 1. The van der Waals surface area contributed by atoms with Crippen LogP contribution in [-0.2, 0) is 0 Å². The molecule has 1 aliphatic heterocycles. The van der Waals surface area contributed by atoms with E-state index in [-0.39, 0.29) is 16.9 Å². The third-order valence-corrected chi connectivity index (χ3v) is 4.69. The highest BCUT2D eigenvalue weighted by Gasteiger charge is 2.40. The summed E-state index contributed by atoms with van der Waals surface area (Å²) in [6.07, 6.45) is 3.42. The molecule has 0 radical (unpaired) electrons. The van der Waals surface area contributed by atoms with E-state index in [0.717, 1.165) is 32.4 Å². The molecule has 1 aliphatic carbocycles. The first kappa shape index (κ1) is 13.5. The van der Waals surface area contributed by atoms with Crippen molar-refractivity contribution in [2.75, 3.05) is 13.1 Å². The highest BCUT2D eigenvalue weighted by atomic mass is 35.5. The first-order valence-corrected chi connectivity index (χ1v) is 7.43. The van der Waals surface area contributed by atoms with E-state index in [1.54, 1.807) is 0 Å². The molecule has 2 fully saturated rings. The van der Waals surface area contributed by atoms with E-state index in [1.165, 1.54) is 12.1 Å². The Morgan fingerprint density at radius 2 is 2.00 bits per heavy atom. The van der Waals surface area contributed by atoms with E-state index >= 15 is 0 Å². The summed E-state index contributed by atoms with van der Waals surface area (Å²) < 4.78 is 19.8. The smallest absolute Gasteiger partial charge is 0.175 e. The summed E-state index contributed by atoms with van der Waals surface area (Å²) in [5.41, 5.74) is 0. The molecule has 5 heteroatoms. The van der Waals surface area contributed by atoms with Gasteiger partial charge in [0.25, 0.3) is 0 Å². The summed E-state index contributed by atoms with van der Waals surface area (Å²) in [6, 6.07) is 2.76. The van der Waals surface area contributed by atoms with E-state index in [9.17, 15) is 4.39 Å². The number of ether oxygens (including phenoxy) is 1. The maximum absolute atomic E-state index is 13.9. The summed E-state index contributed by atoms with van der Waals surface area (Å²) in [7, 11) is 0. The standard InChI is InChI=1S/C14H16Cl2FNO/c15-10-3-4-11(17)14(12(10)16)19-13(8-1-2-8)9-5-6-18-7-9/h3-4,8-9,13,18H,1-2,5-7H2/t9-,13+/m0/s1. The van der Waals surface area contributed by atoms with E-state index in [4.69, 9.17) is 27.9 Å². The average molecular weight is 304 g/mol. The fourth-order valence-corrected chi connectivity index (χ4v) is 3.06. The lowest BCUT2D eigenvalue weighted by atomic mass is 9.97. The van der Waals surface area contributed by atoms with Gasteiger partial charge in [0.05, 0.1) is 5.02 Å². The monoisotopic (exact) mass is 303 g/mol. The number of rotatable bonds is 4. The van der Waals surface area contributed by atoms with E-state index < -0.39 is 5.82 Å². The van der Waals surface area contributed by atoms with Gasteiger partial charge in [0.1, 0.15) is 11.1 Å². The summed E-state index contributed by atoms with van der Waals surface area (Å²) in [6.45, 7) is 1.93. The van der Waals surface area contributed by atoms with Crippen molar-refractivity contribution in [3.63, 3.8) is 0 Å². The number of nitrogens with one attached hydrogen (secondary N) is 1. The molecule has 1 aromatic rings. The van der Waals surface area contributed by atoms with E-state index in [0.29, 0.717) is 16.9 Å². The van der Waals surface area contributed by atoms with Gasteiger partial charge < -0.3 is 10.1 Å². The molecule has 0 bridgehead atoms. The zero-order chi connectivity index (χ0) is 13.4. The maximum atomic E-state index is 13.9. The molecule has 1 N–H and O–H groups in total. The lowest BCUT2D eigenvalue weighted by Gasteiger charge is -2.25. The Kier molecular flexibility index (Phi) is 3.88. The van der Waals surface area contributed by atoms with Crippen molar-refractivity contribution in [3.05, 3.63) is 28.0 Å². The van der Waals surface area contributed by atoms with Crippen molar-refractivity contribution < 1.29 is 9.13 Å². The number of halogens is 3. The van der Waals surface area contributed by atoms with Crippen LogP contribution >= 0.6 is 23.2 Å². The third-order valence-electron chi connectivity index (χ3n) is 3.91. The molecule has 0 aromatic heterocycles. The van der Waals surface area contributed by atoms with Crippen molar-refractivity contribution in [1.29, 1.82) is 0 Å². The van der Waals surface area contributed by atoms with Crippen molar-refractivity contribution in [2.24, 2.45) is 11.8 Å². The summed E-state index contributed by atoms with van der Waals surface area (Å²) >= 11 is 12.0. The number of hydrogen-bond donors (Lipinski definition) is 1. The van der Waals surface area contributed by atoms with Gasteiger partial charge in [-0.3, -0.25) is 0 Å². The molecule has 1 saturated carbocycles. The highest BCUT2D eigenvalue weighted by Crippen LogP contribution is 2.42. The minimum Gasteiger partial charge on any atom is -0.485 e. The van der Waals surface area contributed by atoms with Gasteiger partial charge >= 0.3 is 0 Å². The molecule has 1 aromatic carbocycles. The van der Waals surface area contributed by atoms with Crippen LogP contribution in [0.5, 0.6) is 5.75 Å². The third kappa shape index (κ3) is 2.83. The zero-order valence-corrected chi connectivity index (χ0v) is 12.0. The lowest BCUT2D eigenvalue weighted by molar-refractivity contribution is 0.115. The normalized spacial score (nSPS) is 24.5. The van der Waals surface area contributed by atoms with Crippen molar-refractivity contribution >= 4 is 23.2 Å². The van der Waals surface area contributed by atoms with Gasteiger partial charge in [-0.05, 0) is 43.9 Å². The van der Waals surface area contributed by atoms with Gasteiger partial charge in [0.15, 0.2) is 11.6 Å². The Morgan fingerprint density at radius 3 is 2.63 bits per heavy atom. The van der Waals surface area contributed by atoms with Crippen LogP contribution in [0.3, 0.4) is 0 Å². The Balaban J connectivity index is 1.83. The second kappa shape index (κ2) is 5.47.